The maximum atomic E-state index is 13.4. The normalized spacial score (nSPS) is 22.9. The van der Waals surface area contributed by atoms with E-state index in [1.54, 1.807) is 0 Å². The summed E-state index contributed by atoms with van der Waals surface area (Å²) in [5.74, 6) is -3.17. The summed E-state index contributed by atoms with van der Waals surface area (Å²) in [6.45, 7) is 2.67. The second-order valence-corrected chi connectivity index (χ2v) is 11.1. The molecule has 0 atom stereocenters. The summed E-state index contributed by atoms with van der Waals surface area (Å²) in [5, 5.41) is 3.26. The molecule has 0 spiro atoms. The number of hydrogen-bond donors (Lipinski definition) is 1. The van der Waals surface area contributed by atoms with Gasteiger partial charge in [0.25, 0.3) is 17.0 Å². The van der Waals surface area contributed by atoms with Gasteiger partial charge in [0.15, 0.2) is 18.1 Å². The molecule has 1 saturated carbocycles. The molecule has 3 aliphatic rings. The van der Waals surface area contributed by atoms with E-state index in [0.29, 0.717) is 17.7 Å². The Morgan fingerprint density at radius 1 is 1.27 bits per heavy atom. The van der Waals surface area contributed by atoms with Crippen LogP contribution in [0, 0.1) is 5.92 Å². The molecule has 0 saturated heterocycles. The topological polar surface area (TPSA) is 72.9 Å². The second-order valence-electron chi connectivity index (χ2n) is 10.0. The zero-order chi connectivity index (χ0) is 26.2. The Balaban J connectivity index is 1.05. The maximum absolute atomic E-state index is 13.4. The summed E-state index contributed by atoms with van der Waals surface area (Å²) in [5.41, 5.74) is 0.955. The molecule has 0 bridgehead atoms. The third kappa shape index (κ3) is 6.46. The number of aromatic nitrogens is 1. The fraction of sp³-hybridized carbons (Fsp3) is 0.600. The Morgan fingerprint density at radius 2 is 2.05 bits per heavy atom. The van der Waals surface area contributed by atoms with Gasteiger partial charge in [-0.15, -0.1) is 8.78 Å². The number of carbonyl (C=O) groups excluding carboxylic acids is 1. The molecule has 3 heterocycles. The zero-order valence-electron chi connectivity index (χ0n) is 20.4. The maximum Gasteiger partial charge on any atom is 0.586 e. The average molecular weight is 544 g/mol. The van der Waals surface area contributed by atoms with Gasteiger partial charge in [-0.1, -0.05) is 17.4 Å². The van der Waals surface area contributed by atoms with Gasteiger partial charge in [0.2, 0.25) is 0 Å². The predicted octanol–water partition coefficient (Wildman–Crippen LogP) is 5.24. The van der Waals surface area contributed by atoms with Gasteiger partial charge < -0.3 is 19.5 Å². The molecule has 202 valence electrons. The molecule has 1 N–H and O–H groups in total. The third-order valence-corrected chi connectivity index (χ3v) is 8.01. The van der Waals surface area contributed by atoms with Gasteiger partial charge in [0, 0.05) is 30.9 Å². The molecule has 7 nitrogen and oxygen atoms in total. The van der Waals surface area contributed by atoms with Crippen LogP contribution in [0.25, 0.3) is 0 Å². The van der Waals surface area contributed by atoms with Crippen LogP contribution in [0.5, 0.6) is 16.7 Å². The van der Waals surface area contributed by atoms with E-state index in [0.717, 1.165) is 69.1 Å². The minimum atomic E-state index is -3.77. The SMILES string of the molecule is CC(F)(F)COc1nc2c(s1)CCN(CCC1CCC(NC(=O)c3cccc4c3OC(F)(F)O4)CC1)C2. The second kappa shape index (κ2) is 10.3. The molecule has 1 aromatic heterocycles. The molecule has 2 aromatic rings. The van der Waals surface area contributed by atoms with Crippen LogP contribution in [0.2, 0.25) is 0 Å². The molecule has 1 fully saturated rings. The number of nitrogens with one attached hydrogen (secondary N) is 1. The predicted molar refractivity (Wildman–Crippen MR) is 128 cm³/mol. The summed E-state index contributed by atoms with van der Waals surface area (Å²) in [4.78, 5) is 20.6. The average Bonchev–Trinajstić information content (AvgIpc) is 3.39. The Kier molecular flexibility index (Phi) is 7.23. The van der Waals surface area contributed by atoms with Crippen LogP contribution < -0.4 is 19.5 Å². The number of alkyl halides is 4. The summed E-state index contributed by atoms with van der Waals surface area (Å²) in [6.07, 6.45) is 1.66. The lowest BCUT2D eigenvalue weighted by Crippen LogP contribution is -2.38. The van der Waals surface area contributed by atoms with Crippen molar-refractivity contribution in [2.24, 2.45) is 5.92 Å². The highest BCUT2D eigenvalue weighted by Gasteiger charge is 2.45. The van der Waals surface area contributed by atoms with Crippen LogP contribution in [0.4, 0.5) is 17.6 Å². The summed E-state index contributed by atoms with van der Waals surface area (Å²) in [6, 6.07) is 4.26. The van der Waals surface area contributed by atoms with Crippen molar-refractivity contribution in [3.8, 4) is 16.7 Å². The first-order valence-corrected chi connectivity index (χ1v) is 13.3. The lowest BCUT2D eigenvalue weighted by atomic mass is 9.84. The van der Waals surface area contributed by atoms with Crippen molar-refractivity contribution in [2.45, 2.75) is 70.3 Å². The Bertz CT molecular complexity index is 1130. The van der Waals surface area contributed by atoms with Crippen LogP contribution in [0.3, 0.4) is 0 Å². The first-order chi connectivity index (χ1) is 17.5. The minimum Gasteiger partial charge on any atom is -0.464 e. The molecule has 0 radical (unpaired) electrons. The van der Waals surface area contributed by atoms with E-state index in [4.69, 9.17) is 4.74 Å². The van der Waals surface area contributed by atoms with Crippen molar-refractivity contribution in [1.29, 1.82) is 0 Å². The number of rotatable bonds is 8. The van der Waals surface area contributed by atoms with Crippen molar-refractivity contribution in [2.75, 3.05) is 19.7 Å². The lowest BCUT2D eigenvalue weighted by molar-refractivity contribution is -0.286. The number of amides is 1. The molecule has 1 amide bonds. The van der Waals surface area contributed by atoms with Crippen molar-refractivity contribution in [1.82, 2.24) is 15.2 Å². The number of hydrogen-bond acceptors (Lipinski definition) is 7. The van der Waals surface area contributed by atoms with E-state index in [2.05, 4.69) is 24.7 Å². The Hall–Kier alpha value is -2.60. The molecule has 5 rings (SSSR count). The van der Waals surface area contributed by atoms with E-state index in [-0.39, 0.29) is 23.1 Å². The number of nitrogens with zero attached hydrogens (tertiary/aromatic N) is 2. The standard InChI is InChI=1S/C25H29F4N3O4S/c1-24(26,27)14-34-23-31-18-13-32(12-10-20(18)37-23)11-9-15-5-7-16(8-6-15)30-22(33)17-3-2-4-19-21(17)36-25(28,29)35-19/h2-4,15-16H,5-14H2,1H3,(H,30,33). The molecule has 37 heavy (non-hydrogen) atoms. The fourth-order valence-electron chi connectivity index (χ4n) is 5.04. The first-order valence-electron chi connectivity index (χ1n) is 12.5. The number of carbonyl (C=O) groups is 1. The van der Waals surface area contributed by atoms with E-state index in [1.807, 2.05) is 0 Å². The van der Waals surface area contributed by atoms with Gasteiger partial charge in [-0.3, -0.25) is 9.69 Å². The number of fused-ring (bicyclic) bond motifs is 2. The monoisotopic (exact) mass is 543 g/mol. The molecule has 2 aliphatic heterocycles. The molecule has 12 heteroatoms. The molecule has 1 aliphatic carbocycles. The van der Waals surface area contributed by atoms with Gasteiger partial charge >= 0.3 is 6.29 Å². The van der Waals surface area contributed by atoms with Gasteiger partial charge in [-0.2, -0.15) is 0 Å². The van der Waals surface area contributed by atoms with Crippen LogP contribution in [-0.4, -0.2) is 53.7 Å². The van der Waals surface area contributed by atoms with E-state index in [1.165, 1.54) is 29.5 Å². The Labute approximate surface area is 216 Å². The smallest absolute Gasteiger partial charge is 0.464 e. The number of halogens is 4. The molecule has 0 unspecified atom stereocenters. The van der Waals surface area contributed by atoms with Gasteiger partial charge in [-0.25, -0.2) is 13.8 Å². The van der Waals surface area contributed by atoms with Crippen molar-refractivity contribution in [3.05, 3.63) is 34.3 Å². The van der Waals surface area contributed by atoms with Crippen molar-refractivity contribution in [3.63, 3.8) is 0 Å². The zero-order valence-corrected chi connectivity index (χ0v) is 21.2. The van der Waals surface area contributed by atoms with Crippen molar-refractivity contribution >= 4 is 17.2 Å². The summed E-state index contributed by atoms with van der Waals surface area (Å²) >= 11 is 1.35. The minimum absolute atomic E-state index is 0.0242. The van der Waals surface area contributed by atoms with E-state index in [9.17, 15) is 22.4 Å². The number of thiazole rings is 1. The highest BCUT2D eigenvalue weighted by atomic mass is 32.1. The molecular weight excluding hydrogens is 514 g/mol. The van der Waals surface area contributed by atoms with E-state index < -0.39 is 24.7 Å². The molecule has 1 aromatic carbocycles. The van der Waals surface area contributed by atoms with Crippen molar-refractivity contribution < 1.29 is 36.6 Å². The lowest BCUT2D eigenvalue weighted by Gasteiger charge is -2.32. The van der Waals surface area contributed by atoms with Gasteiger partial charge in [-0.05, 0) is 63.1 Å². The largest absolute Gasteiger partial charge is 0.586 e. The van der Waals surface area contributed by atoms with Crippen LogP contribution in [-0.2, 0) is 13.0 Å². The van der Waals surface area contributed by atoms with Crippen LogP contribution in [0.15, 0.2) is 18.2 Å². The quantitative estimate of drug-likeness (QED) is 0.460. The first kappa shape index (κ1) is 26.0. The van der Waals surface area contributed by atoms with E-state index >= 15 is 0 Å². The number of ether oxygens (including phenoxy) is 3. The number of benzene rings is 1. The van der Waals surface area contributed by atoms with Gasteiger partial charge in [0.1, 0.15) is 0 Å². The van der Waals surface area contributed by atoms with Gasteiger partial charge in [0.05, 0.1) is 11.3 Å². The number of para-hydroxylation sites is 1. The molecular formula is C25H29F4N3O4S. The van der Waals surface area contributed by atoms with Crippen LogP contribution >= 0.6 is 11.3 Å². The highest BCUT2D eigenvalue weighted by Crippen LogP contribution is 2.43. The summed E-state index contributed by atoms with van der Waals surface area (Å²) < 4.78 is 67.1. The fourth-order valence-corrected chi connectivity index (χ4v) is 5.95. The van der Waals surface area contributed by atoms with Crippen LogP contribution in [0.1, 0.15) is 60.0 Å². The Morgan fingerprint density at radius 3 is 2.81 bits per heavy atom. The third-order valence-electron chi connectivity index (χ3n) is 6.94. The highest BCUT2D eigenvalue weighted by molar-refractivity contribution is 7.13. The summed E-state index contributed by atoms with van der Waals surface area (Å²) in [7, 11) is 0.